The zero-order valence-electron chi connectivity index (χ0n) is 5.88. The van der Waals surface area contributed by atoms with Gasteiger partial charge in [0, 0.05) is 16.6 Å². The van der Waals surface area contributed by atoms with E-state index in [0.29, 0.717) is 12.1 Å². The van der Waals surface area contributed by atoms with E-state index in [1.807, 2.05) is 12.1 Å². The van der Waals surface area contributed by atoms with Gasteiger partial charge >= 0.3 is 0 Å². The van der Waals surface area contributed by atoms with Crippen LogP contribution < -0.4 is 5.73 Å². The van der Waals surface area contributed by atoms with Crippen molar-refractivity contribution in [3.05, 3.63) is 28.2 Å². The second-order valence-electron chi connectivity index (χ2n) is 2.23. The first kappa shape index (κ1) is 8.27. The van der Waals surface area contributed by atoms with Crippen LogP contribution in [-0.2, 0) is 11.2 Å². The van der Waals surface area contributed by atoms with E-state index in [9.17, 15) is 4.79 Å². The van der Waals surface area contributed by atoms with E-state index in [4.69, 9.17) is 5.73 Å². The van der Waals surface area contributed by atoms with Crippen LogP contribution >= 0.6 is 15.9 Å². The molecule has 0 aliphatic rings. The number of benzene rings is 1. The second-order valence-corrected chi connectivity index (χ2v) is 3.08. The lowest BCUT2D eigenvalue weighted by Gasteiger charge is -1.99. The van der Waals surface area contributed by atoms with Gasteiger partial charge in [0.2, 0.25) is 0 Å². The molecule has 58 valence electrons. The highest BCUT2D eigenvalue weighted by molar-refractivity contribution is 9.10. The highest BCUT2D eigenvalue weighted by Gasteiger charge is 1.96. The van der Waals surface area contributed by atoms with Gasteiger partial charge in [-0.2, -0.15) is 0 Å². The van der Waals surface area contributed by atoms with Gasteiger partial charge in [0.15, 0.2) is 0 Å². The minimum atomic E-state index is 0.428. The van der Waals surface area contributed by atoms with Crippen molar-refractivity contribution in [2.24, 2.45) is 0 Å². The quantitative estimate of drug-likeness (QED) is 0.602. The number of carbonyl (C=O) groups is 1. The van der Waals surface area contributed by atoms with Crippen LogP contribution in [0.1, 0.15) is 5.56 Å². The van der Waals surface area contributed by atoms with Crippen molar-refractivity contribution in [2.45, 2.75) is 6.42 Å². The molecule has 0 heterocycles. The van der Waals surface area contributed by atoms with Gasteiger partial charge in [0.25, 0.3) is 0 Å². The summed E-state index contributed by atoms with van der Waals surface area (Å²) in [5, 5.41) is 0. The largest absolute Gasteiger partial charge is 0.398 e. The van der Waals surface area contributed by atoms with Crippen LogP contribution in [0.3, 0.4) is 0 Å². The number of hydrogen-bond donors (Lipinski definition) is 1. The molecule has 11 heavy (non-hydrogen) atoms. The third kappa shape index (κ3) is 2.05. The Kier molecular flexibility index (Phi) is 2.65. The fourth-order valence-corrected chi connectivity index (χ4v) is 1.06. The zero-order chi connectivity index (χ0) is 8.27. The predicted molar refractivity (Wildman–Crippen MR) is 48.3 cm³/mol. The fourth-order valence-electron chi connectivity index (χ4n) is 0.816. The lowest BCUT2D eigenvalue weighted by molar-refractivity contribution is -0.107. The van der Waals surface area contributed by atoms with Crippen LogP contribution in [0, 0.1) is 0 Å². The Morgan fingerprint density at radius 2 is 2.27 bits per heavy atom. The molecule has 0 aliphatic carbocycles. The molecule has 0 amide bonds. The highest BCUT2D eigenvalue weighted by Crippen LogP contribution is 2.19. The number of hydrogen-bond acceptors (Lipinski definition) is 2. The first-order valence-electron chi connectivity index (χ1n) is 3.21. The Morgan fingerprint density at radius 1 is 1.55 bits per heavy atom. The molecular formula is C8H8BrNO. The van der Waals surface area contributed by atoms with Crippen LogP contribution in [0.5, 0.6) is 0 Å². The van der Waals surface area contributed by atoms with Gasteiger partial charge in [0.1, 0.15) is 6.29 Å². The van der Waals surface area contributed by atoms with Crippen molar-refractivity contribution in [3.8, 4) is 0 Å². The topological polar surface area (TPSA) is 43.1 Å². The molecule has 0 unspecified atom stereocenters. The van der Waals surface area contributed by atoms with Gasteiger partial charge in [-0.1, -0.05) is 6.07 Å². The number of nitrogens with two attached hydrogens (primary N) is 1. The molecule has 3 heteroatoms. The molecule has 0 saturated heterocycles. The zero-order valence-corrected chi connectivity index (χ0v) is 7.47. The molecule has 0 aromatic heterocycles. The molecule has 1 aromatic rings. The number of aldehydes is 1. The van der Waals surface area contributed by atoms with E-state index >= 15 is 0 Å². The van der Waals surface area contributed by atoms with Gasteiger partial charge in [-0.05, 0) is 33.6 Å². The summed E-state index contributed by atoms with van der Waals surface area (Å²) >= 11 is 3.27. The fraction of sp³-hybridized carbons (Fsp3) is 0.125. The monoisotopic (exact) mass is 213 g/mol. The minimum absolute atomic E-state index is 0.428. The first-order valence-corrected chi connectivity index (χ1v) is 4.01. The number of rotatable bonds is 2. The molecule has 1 aromatic carbocycles. The summed E-state index contributed by atoms with van der Waals surface area (Å²) in [7, 11) is 0. The number of anilines is 1. The maximum atomic E-state index is 10.1. The van der Waals surface area contributed by atoms with Gasteiger partial charge in [-0.3, -0.25) is 0 Å². The van der Waals surface area contributed by atoms with Crippen molar-refractivity contribution < 1.29 is 4.79 Å². The normalized spacial score (nSPS) is 9.55. The molecule has 0 fully saturated rings. The Balaban J connectivity index is 2.95. The van der Waals surface area contributed by atoms with Crippen molar-refractivity contribution >= 4 is 27.9 Å². The summed E-state index contributed by atoms with van der Waals surface area (Å²) in [4.78, 5) is 10.1. The van der Waals surface area contributed by atoms with Crippen LogP contribution in [0.4, 0.5) is 5.69 Å². The van der Waals surface area contributed by atoms with Gasteiger partial charge < -0.3 is 10.5 Å². The number of carbonyl (C=O) groups excluding carboxylic acids is 1. The van der Waals surface area contributed by atoms with E-state index in [0.717, 1.165) is 16.3 Å². The molecule has 0 aliphatic heterocycles. The Morgan fingerprint density at radius 3 is 2.82 bits per heavy atom. The third-order valence-corrected chi connectivity index (χ3v) is 2.10. The Labute approximate surface area is 73.5 Å². The van der Waals surface area contributed by atoms with Crippen molar-refractivity contribution in [2.75, 3.05) is 5.73 Å². The third-order valence-electron chi connectivity index (χ3n) is 1.38. The molecule has 0 atom stereocenters. The van der Waals surface area contributed by atoms with Crippen LogP contribution in [-0.4, -0.2) is 6.29 Å². The number of nitrogen functional groups attached to an aromatic ring is 1. The van der Waals surface area contributed by atoms with E-state index in [2.05, 4.69) is 15.9 Å². The van der Waals surface area contributed by atoms with Crippen LogP contribution in [0.2, 0.25) is 0 Å². The maximum absolute atomic E-state index is 10.1. The van der Waals surface area contributed by atoms with E-state index < -0.39 is 0 Å². The summed E-state index contributed by atoms with van der Waals surface area (Å²) in [5.41, 5.74) is 7.20. The number of halogens is 1. The van der Waals surface area contributed by atoms with Crippen LogP contribution in [0.25, 0.3) is 0 Å². The summed E-state index contributed by atoms with van der Waals surface area (Å²) in [6, 6.07) is 5.50. The predicted octanol–water partition coefficient (Wildman–Crippen LogP) is 1.77. The molecule has 0 saturated carbocycles. The summed E-state index contributed by atoms with van der Waals surface area (Å²) in [5.74, 6) is 0. The smallest absolute Gasteiger partial charge is 0.124 e. The lowest BCUT2D eigenvalue weighted by Crippen LogP contribution is -1.90. The molecule has 2 nitrogen and oxygen atoms in total. The Hall–Kier alpha value is -0.830. The molecule has 1 rings (SSSR count). The van der Waals surface area contributed by atoms with Gasteiger partial charge in [-0.25, -0.2) is 0 Å². The van der Waals surface area contributed by atoms with Crippen molar-refractivity contribution in [1.29, 1.82) is 0 Å². The SMILES string of the molecule is Nc1cc(CC=O)ccc1Br. The van der Waals surface area contributed by atoms with Crippen molar-refractivity contribution in [3.63, 3.8) is 0 Å². The maximum Gasteiger partial charge on any atom is 0.124 e. The molecular weight excluding hydrogens is 206 g/mol. The molecule has 0 spiro atoms. The standard InChI is InChI=1S/C8H8BrNO/c9-7-2-1-6(3-4-11)5-8(7)10/h1-2,4-5H,3,10H2. The van der Waals surface area contributed by atoms with E-state index in [1.165, 1.54) is 0 Å². The van der Waals surface area contributed by atoms with Gasteiger partial charge in [-0.15, -0.1) is 0 Å². The average molecular weight is 214 g/mol. The summed E-state index contributed by atoms with van der Waals surface area (Å²) in [6.45, 7) is 0. The van der Waals surface area contributed by atoms with Crippen molar-refractivity contribution in [1.82, 2.24) is 0 Å². The molecule has 0 radical (unpaired) electrons. The molecule has 0 bridgehead atoms. The lowest BCUT2D eigenvalue weighted by atomic mass is 10.1. The van der Waals surface area contributed by atoms with E-state index in [1.54, 1.807) is 6.07 Å². The molecule has 2 N–H and O–H groups in total. The summed E-state index contributed by atoms with van der Waals surface area (Å²) < 4.78 is 0.868. The Bertz CT molecular complexity index is 273. The minimum Gasteiger partial charge on any atom is -0.398 e. The van der Waals surface area contributed by atoms with E-state index in [-0.39, 0.29) is 0 Å². The average Bonchev–Trinajstić information content (AvgIpc) is 1.98. The van der Waals surface area contributed by atoms with Gasteiger partial charge in [0.05, 0.1) is 0 Å². The highest BCUT2D eigenvalue weighted by atomic mass is 79.9. The summed E-state index contributed by atoms with van der Waals surface area (Å²) in [6.07, 6.45) is 1.29. The van der Waals surface area contributed by atoms with Crippen LogP contribution in [0.15, 0.2) is 22.7 Å². The second kappa shape index (κ2) is 3.53. The first-order chi connectivity index (χ1) is 5.24.